The molecule has 0 radical (unpaired) electrons. The van der Waals surface area contributed by atoms with E-state index < -0.39 is 11.5 Å². The van der Waals surface area contributed by atoms with Gasteiger partial charge < -0.3 is 15.7 Å². The number of carboxylic acid groups (broad SMARTS) is 1. The Morgan fingerprint density at radius 2 is 2.10 bits per heavy atom. The van der Waals surface area contributed by atoms with Gasteiger partial charge in [-0.1, -0.05) is 0 Å². The van der Waals surface area contributed by atoms with E-state index in [9.17, 15) is 14.7 Å². The predicted octanol–water partition coefficient (Wildman–Crippen LogP) is 0.891. The van der Waals surface area contributed by atoms with E-state index in [1.807, 2.05) is 6.92 Å². The number of carbonyl (C=O) groups excluding carboxylic acids is 1. The van der Waals surface area contributed by atoms with Gasteiger partial charge in [-0.15, -0.1) is 10.2 Å². The zero-order valence-electron chi connectivity index (χ0n) is 11.5. The van der Waals surface area contributed by atoms with Crippen molar-refractivity contribution in [1.29, 1.82) is 0 Å². The molecule has 0 saturated heterocycles. The van der Waals surface area contributed by atoms with Crippen LogP contribution in [0, 0.1) is 5.92 Å². The third-order valence-electron chi connectivity index (χ3n) is 3.46. The zero-order valence-corrected chi connectivity index (χ0v) is 11.5. The summed E-state index contributed by atoms with van der Waals surface area (Å²) in [6.07, 6.45) is 1.78. The molecule has 0 bridgehead atoms. The number of nitrogens with zero attached hydrogens (tertiary/aromatic N) is 2. The molecule has 1 fully saturated rings. The Morgan fingerprint density at radius 1 is 1.40 bits per heavy atom. The first-order valence-corrected chi connectivity index (χ1v) is 6.61. The first kappa shape index (κ1) is 14.2. The topological polar surface area (TPSA) is 104 Å². The van der Waals surface area contributed by atoms with Crippen LogP contribution >= 0.6 is 0 Å². The molecule has 0 spiro atoms. The van der Waals surface area contributed by atoms with Gasteiger partial charge in [0.2, 0.25) is 0 Å². The summed E-state index contributed by atoms with van der Waals surface area (Å²) in [7, 11) is 0. The monoisotopic (exact) mass is 278 g/mol. The first-order valence-electron chi connectivity index (χ1n) is 6.61. The lowest BCUT2D eigenvalue weighted by atomic mass is 9.96. The molecule has 108 valence electrons. The van der Waals surface area contributed by atoms with Gasteiger partial charge in [0.05, 0.1) is 0 Å². The Kier molecular flexibility index (Phi) is 3.87. The van der Waals surface area contributed by atoms with Crippen LogP contribution in [0.1, 0.15) is 37.2 Å². The molecule has 2 rings (SSSR count). The van der Waals surface area contributed by atoms with Crippen LogP contribution < -0.4 is 10.6 Å². The van der Waals surface area contributed by atoms with Crippen molar-refractivity contribution in [2.24, 2.45) is 5.92 Å². The smallest absolute Gasteiger partial charge is 0.329 e. The van der Waals surface area contributed by atoms with Crippen molar-refractivity contribution in [3.8, 4) is 0 Å². The fourth-order valence-corrected chi connectivity index (χ4v) is 2.03. The van der Waals surface area contributed by atoms with Crippen molar-refractivity contribution in [3.63, 3.8) is 0 Å². The Labute approximate surface area is 116 Å². The Bertz CT molecular complexity index is 513. The summed E-state index contributed by atoms with van der Waals surface area (Å²) in [6, 6.07) is 3.09. The summed E-state index contributed by atoms with van der Waals surface area (Å²) in [5.74, 6) is -0.746. The summed E-state index contributed by atoms with van der Waals surface area (Å²) in [6.45, 7) is 3.97. The number of aliphatic carboxylic acids is 1. The molecule has 7 nitrogen and oxygen atoms in total. The molecule has 1 amide bonds. The summed E-state index contributed by atoms with van der Waals surface area (Å²) in [5.41, 5.74) is -0.831. The van der Waals surface area contributed by atoms with Crippen LogP contribution in [-0.4, -0.2) is 39.3 Å². The van der Waals surface area contributed by atoms with Crippen LogP contribution in [0.3, 0.4) is 0 Å². The van der Waals surface area contributed by atoms with E-state index in [0.29, 0.717) is 12.4 Å². The molecule has 1 unspecified atom stereocenters. The van der Waals surface area contributed by atoms with E-state index in [0.717, 1.165) is 12.8 Å². The molecule has 1 atom stereocenters. The van der Waals surface area contributed by atoms with Crippen molar-refractivity contribution >= 4 is 17.7 Å². The van der Waals surface area contributed by atoms with Gasteiger partial charge in [-0.05, 0) is 44.7 Å². The van der Waals surface area contributed by atoms with Crippen LogP contribution in [0.2, 0.25) is 0 Å². The number of amides is 1. The normalized spacial score (nSPS) is 17.1. The molecule has 1 aromatic heterocycles. The highest BCUT2D eigenvalue weighted by Crippen LogP contribution is 2.41. The highest BCUT2D eigenvalue weighted by Gasteiger charge is 2.47. The number of rotatable bonds is 6. The van der Waals surface area contributed by atoms with Gasteiger partial charge in [-0.25, -0.2) is 4.79 Å². The minimum atomic E-state index is -1.04. The van der Waals surface area contributed by atoms with Crippen LogP contribution in [0.4, 0.5) is 5.82 Å². The van der Waals surface area contributed by atoms with Gasteiger partial charge in [-0.2, -0.15) is 0 Å². The van der Waals surface area contributed by atoms with E-state index >= 15 is 0 Å². The Balaban J connectivity index is 2.10. The average molecular weight is 278 g/mol. The highest BCUT2D eigenvalue weighted by molar-refractivity contribution is 5.92. The van der Waals surface area contributed by atoms with E-state index in [-0.39, 0.29) is 17.5 Å². The predicted molar refractivity (Wildman–Crippen MR) is 72.4 cm³/mol. The van der Waals surface area contributed by atoms with Gasteiger partial charge in [0, 0.05) is 6.54 Å². The maximum absolute atomic E-state index is 11.5. The maximum atomic E-state index is 11.5. The molecule has 7 heteroatoms. The number of hydrogen-bond donors (Lipinski definition) is 3. The Hall–Kier alpha value is -2.18. The molecule has 20 heavy (non-hydrogen) atoms. The van der Waals surface area contributed by atoms with Crippen molar-refractivity contribution in [2.75, 3.05) is 11.9 Å². The largest absolute Gasteiger partial charge is 0.480 e. The van der Waals surface area contributed by atoms with Gasteiger partial charge >= 0.3 is 5.97 Å². The van der Waals surface area contributed by atoms with Gasteiger partial charge in [0.15, 0.2) is 5.69 Å². The number of aromatic nitrogens is 2. The lowest BCUT2D eigenvalue weighted by Crippen LogP contribution is -2.45. The van der Waals surface area contributed by atoms with Crippen molar-refractivity contribution in [2.45, 2.75) is 32.2 Å². The van der Waals surface area contributed by atoms with Crippen LogP contribution in [0.15, 0.2) is 12.1 Å². The molecule has 0 aromatic carbocycles. The molecule has 1 heterocycles. The van der Waals surface area contributed by atoms with Gasteiger partial charge in [0.1, 0.15) is 11.4 Å². The standard InChI is InChI=1S/C13H18N4O3/c1-3-14-11(18)9-6-7-10(17-16-9)15-13(2,12(19)20)8-4-5-8/h6-8H,3-5H2,1-2H3,(H,14,18)(H,15,17)(H,19,20). The van der Waals surface area contributed by atoms with Gasteiger partial charge in [0.25, 0.3) is 5.91 Å². The summed E-state index contributed by atoms with van der Waals surface area (Å²) in [5, 5.41) is 22.5. The van der Waals surface area contributed by atoms with Crippen LogP contribution in [-0.2, 0) is 4.79 Å². The first-order chi connectivity index (χ1) is 9.47. The number of nitrogens with one attached hydrogen (secondary N) is 2. The fraction of sp³-hybridized carbons (Fsp3) is 0.538. The van der Waals surface area contributed by atoms with Crippen LogP contribution in [0.25, 0.3) is 0 Å². The van der Waals surface area contributed by atoms with Crippen molar-refractivity contribution in [3.05, 3.63) is 17.8 Å². The number of carbonyl (C=O) groups is 2. The third kappa shape index (κ3) is 2.87. The molecule has 0 aliphatic heterocycles. The fourth-order valence-electron chi connectivity index (χ4n) is 2.03. The van der Waals surface area contributed by atoms with Crippen LogP contribution in [0.5, 0.6) is 0 Å². The molecular formula is C13H18N4O3. The van der Waals surface area contributed by atoms with E-state index in [1.54, 1.807) is 13.0 Å². The lowest BCUT2D eigenvalue weighted by molar-refractivity contribution is -0.142. The third-order valence-corrected chi connectivity index (χ3v) is 3.46. The quantitative estimate of drug-likeness (QED) is 0.714. The molecule has 1 aliphatic rings. The van der Waals surface area contributed by atoms with E-state index in [4.69, 9.17) is 0 Å². The SMILES string of the molecule is CCNC(=O)c1ccc(NC(C)(C(=O)O)C2CC2)nn1. The number of hydrogen-bond acceptors (Lipinski definition) is 5. The van der Waals surface area contributed by atoms with E-state index in [2.05, 4.69) is 20.8 Å². The van der Waals surface area contributed by atoms with E-state index in [1.165, 1.54) is 6.07 Å². The Morgan fingerprint density at radius 3 is 2.55 bits per heavy atom. The second-order valence-corrected chi connectivity index (χ2v) is 5.07. The van der Waals surface area contributed by atoms with Crippen molar-refractivity contribution in [1.82, 2.24) is 15.5 Å². The summed E-state index contributed by atoms with van der Waals surface area (Å²) < 4.78 is 0. The second kappa shape index (κ2) is 5.44. The molecular weight excluding hydrogens is 260 g/mol. The molecule has 3 N–H and O–H groups in total. The minimum Gasteiger partial charge on any atom is -0.480 e. The second-order valence-electron chi connectivity index (χ2n) is 5.07. The minimum absolute atomic E-state index is 0.102. The lowest BCUT2D eigenvalue weighted by Gasteiger charge is -2.26. The summed E-state index contributed by atoms with van der Waals surface area (Å²) in [4.78, 5) is 22.9. The summed E-state index contributed by atoms with van der Waals surface area (Å²) >= 11 is 0. The van der Waals surface area contributed by atoms with Crippen molar-refractivity contribution < 1.29 is 14.7 Å². The maximum Gasteiger partial charge on any atom is 0.329 e. The van der Waals surface area contributed by atoms with Gasteiger partial charge in [-0.3, -0.25) is 4.79 Å². The zero-order chi connectivity index (χ0) is 14.8. The number of carboxylic acids is 1. The number of anilines is 1. The highest BCUT2D eigenvalue weighted by atomic mass is 16.4. The molecule has 1 aliphatic carbocycles. The molecule has 1 saturated carbocycles. The molecule has 1 aromatic rings. The average Bonchev–Trinajstić information content (AvgIpc) is 3.24.